The number of piperidine rings is 1. The summed E-state index contributed by atoms with van der Waals surface area (Å²) in [7, 11) is 1.34. The van der Waals surface area contributed by atoms with Crippen molar-refractivity contribution < 1.29 is 14.3 Å². The van der Waals surface area contributed by atoms with Crippen LogP contribution in [0.1, 0.15) is 42.1 Å². The van der Waals surface area contributed by atoms with E-state index < -0.39 is 5.97 Å². The first-order valence-electron chi connectivity index (χ1n) is 8.95. The molecule has 1 aliphatic heterocycles. The molecule has 1 aromatic rings. The standard InChI is InChI=1S/C19H29N3O3/c1-14-7-11-22(12-8-14)10-4-9-20-19(24)21-17-13-16(18(23)25-3)6-5-15(17)2/h5-6,13-14H,4,7-12H2,1-3H3,(H2,20,21,24). The van der Waals surface area contributed by atoms with Crippen LogP contribution in [0, 0.1) is 12.8 Å². The molecule has 0 unspecified atom stereocenters. The van der Waals surface area contributed by atoms with Gasteiger partial charge >= 0.3 is 12.0 Å². The molecule has 1 aliphatic rings. The highest BCUT2D eigenvalue weighted by Gasteiger charge is 2.15. The molecule has 1 fully saturated rings. The number of methoxy groups -OCH3 is 1. The maximum atomic E-state index is 12.1. The zero-order valence-corrected chi connectivity index (χ0v) is 15.4. The van der Waals surface area contributed by atoms with Gasteiger partial charge in [0.25, 0.3) is 0 Å². The summed E-state index contributed by atoms with van der Waals surface area (Å²) in [5.41, 5.74) is 1.93. The molecule has 1 saturated heterocycles. The monoisotopic (exact) mass is 347 g/mol. The Bertz CT molecular complexity index is 596. The van der Waals surface area contributed by atoms with Gasteiger partial charge in [0.05, 0.1) is 12.7 Å². The number of amides is 2. The lowest BCUT2D eigenvalue weighted by molar-refractivity contribution is 0.0600. The summed E-state index contributed by atoms with van der Waals surface area (Å²) in [4.78, 5) is 26.1. The number of nitrogens with zero attached hydrogens (tertiary/aromatic N) is 1. The topological polar surface area (TPSA) is 70.7 Å². The van der Waals surface area contributed by atoms with Crippen molar-refractivity contribution in [2.24, 2.45) is 5.92 Å². The molecule has 6 heteroatoms. The smallest absolute Gasteiger partial charge is 0.337 e. The maximum Gasteiger partial charge on any atom is 0.337 e. The Hall–Kier alpha value is -2.08. The molecule has 0 atom stereocenters. The molecule has 0 aliphatic carbocycles. The zero-order chi connectivity index (χ0) is 18.2. The van der Waals surface area contributed by atoms with Crippen LogP contribution in [0.15, 0.2) is 18.2 Å². The zero-order valence-electron chi connectivity index (χ0n) is 15.4. The number of aryl methyl sites for hydroxylation is 1. The van der Waals surface area contributed by atoms with Crippen molar-refractivity contribution in [1.29, 1.82) is 0 Å². The Morgan fingerprint density at radius 1 is 1.28 bits per heavy atom. The van der Waals surface area contributed by atoms with Gasteiger partial charge in [0, 0.05) is 12.2 Å². The molecule has 0 spiro atoms. The van der Waals surface area contributed by atoms with Crippen molar-refractivity contribution in [1.82, 2.24) is 10.2 Å². The molecular formula is C19H29N3O3. The minimum absolute atomic E-state index is 0.252. The molecule has 138 valence electrons. The molecule has 1 aromatic carbocycles. The third-order valence-electron chi connectivity index (χ3n) is 4.72. The number of urea groups is 1. The van der Waals surface area contributed by atoms with Crippen LogP contribution < -0.4 is 10.6 Å². The number of rotatable bonds is 6. The quantitative estimate of drug-likeness (QED) is 0.613. The van der Waals surface area contributed by atoms with E-state index in [4.69, 9.17) is 4.74 Å². The number of ether oxygens (including phenoxy) is 1. The van der Waals surface area contributed by atoms with Gasteiger partial charge in [-0.15, -0.1) is 0 Å². The Morgan fingerprint density at radius 2 is 2.00 bits per heavy atom. The summed E-state index contributed by atoms with van der Waals surface area (Å²) in [5, 5.41) is 5.68. The van der Waals surface area contributed by atoms with E-state index >= 15 is 0 Å². The number of carbonyl (C=O) groups excluding carboxylic acids is 2. The highest BCUT2D eigenvalue weighted by atomic mass is 16.5. The Morgan fingerprint density at radius 3 is 2.68 bits per heavy atom. The molecule has 0 aromatic heterocycles. The van der Waals surface area contributed by atoms with E-state index in [1.165, 1.54) is 20.0 Å². The van der Waals surface area contributed by atoms with E-state index in [0.717, 1.165) is 37.5 Å². The fourth-order valence-electron chi connectivity index (χ4n) is 2.96. The third-order valence-corrected chi connectivity index (χ3v) is 4.72. The van der Waals surface area contributed by atoms with E-state index in [-0.39, 0.29) is 6.03 Å². The molecule has 0 radical (unpaired) electrons. The minimum Gasteiger partial charge on any atom is -0.465 e. The average Bonchev–Trinajstić information content (AvgIpc) is 2.61. The first-order chi connectivity index (χ1) is 12.0. The highest BCUT2D eigenvalue weighted by molar-refractivity contribution is 5.94. The second kappa shape index (κ2) is 9.42. The molecule has 0 saturated carbocycles. The molecule has 6 nitrogen and oxygen atoms in total. The largest absolute Gasteiger partial charge is 0.465 e. The number of nitrogens with one attached hydrogen (secondary N) is 2. The highest BCUT2D eigenvalue weighted by Crippen LogP contribution is 2.18. The Labute approximate surface area is 149 Å². The number of anilines is 1. The first-order valence-corrected chi connectivity index (χ1v) is 8.95. The summed E-state index contributed by atoms with van der Waals surface area (Å²) in [6.45, 7) is 8.16. The Kier molecular flexibility index (Phi) is 7.25. The lowest BCUT2D eigenvalue weighted by Crippen LogP contribution is -2.36. The van der Waals surface area contributed by atoms with E-state index in [2.05, 4.69) is 22.5 Å². The van der Waals surface area contributed by atoms with E-state index in [1.807, 2.05) is 6.92 Å². The normalized spacial score (nSPS) is 15.6. The summed E-state index contributed by atoms with van der Waals surface area (Å²) in [6.07, 6.45) is 3.47. The number of benzene rings is 1. The SMILES string of the molecule is COC(=O)c1ccc(C)c(NC(=O)NCCCN2CCC(C)CC2)c1. The number of carbonyl (C=O) groups is 2. The van der Waals surface area contributed by atoms with Crippen LogP contribution in [-0.4, -0.2) is 50.2 Å². The van der Waals surface area contributed by atoms with Crippen LogP contribution in [0.2, 0.25) is 0 Å². The molecule has 0 bridgehead atoms. The van der Waals surface area contributed by atoms with Crippen LogP contribution in [-0.2, 0) is 4.74 Å². The van der Waals surface area contributed by atoms with Gasteiger partial charge in [-0.1, -0.05) is 13.0 Å². The van der Waals surface area contributed by atoms with Crippen molar-refractivity contribution in [3.63, 3.8) is 0 Å². The van der Waals surface area contributed by atoms with Gasteiger partial charge in [-0.05, 0) is 69.4 Å². The number of hydrogen-bond donors (Lipinski definition) is 2. The number of likely N-dealkylation sites (tertiary alicyclic amines) is 1. The second-order valence-corrected chi connectivity index (χ2v) is 6.78. The van der Waals surface area contributed by atoms with Crippen molar-refractivity contribution >= 4 is 17.7 Å². The van der Waals surface area contributed by atoms with Crippen molar-refractivity contribution in [2.45, 2.75) is 33.1 Å². The average molecular weight is 347 g/mol. The van der Waals surface area contributed by atoms with Gasteiger partial charge in [-0.3, -0.25) is 0 Å². The van der Waals surface area contributed by atoms with Gasteiger partial charge in [0.15, 0.2) is 0 Å². The van der Waals surface area contributed by atoms with Gasteiger partial charge in [0.1, 0.15) is 0 Å². The lowest BCUT2D eigenvalue weighted by atomic mass is 9.99. The van der Waals surface area contributed by atoms with Gasteiger partial charge in [0.2, 0.25) is 0 Å². The molecule has 25 heavy (non-hydrogen) atoms. The molecule has 1 heterocycles. The van der Waals surface area contributed by atoms with E-state index in [1.54, 1.807) is 18.2 Å². The van der Waals surface area contributed by atoms with Crippen molar-refractivity contribution in [3.8, 4) is 0 Å². The predicted molar refractivity (Wildman–Crippen MR) is 99.0 cm³/mol. The first kappa shape index (κ1) is 19.2. The lowest BCUT2D eigenvalue weighted by Gasteiger charge is -2.30. The second-order valence-electron chi connectivity index (χ2n) is 6.78. The summed E-state index contributed by atoms with van der Waals surface area (Å²) in [6, 6.07) is 4.86. The van der Waals surface area contributed by atoms with Crippen LogP contribution in [0.4, 0.5) is 10.5 Å². The van der Waals surface area contributed by atoms with Crippen LogP contribution in [0.3, 0.4) is 0 Å². The summed E-state index contributed by atoms with van der Waals surface area (Å²) >= 11 is 0. The fraction of sp³-hybridized carbons (Fsp3) is 0.579. The van der Waals surface area contributed by atoms with Gasteiger partial charge in [-0.25, -0.2) is 9.59 Å². The van der Waals surface area contributed by atoms with Crippen LogP contribution >= 0.6 is 0 Å². The van der Waals surface area contributed by atoms with Crippen LogP contribution in [0.5, 0.6) is 0 Å². The number of esters is 1. The molecule has 2 N–H and O–H groups in total. The predicted octanol–water partition coefficient (Wildman–Crippen LogP) is 3.03. The third kappa shape index (κ3) is 6.05. The summed E-state index contributed by atoms with van der Waals surface area (Å²) < 4.78 is 4.71. The van der Waals surface area contributed by atoms with E-state index in [0.29, 0.717) is 17.8 Å². The number of hydrogen-bond acceptors (Lipinski definition) is 4. The van der Waals surface area contributed by atoms with Crippen molar-refractivity contribution in [2.75, 3.05) is 38.6 Å². The molecular weight excluding hydrogens is 318 g/mol. The van der Waals surface area contributed by atoms with Crippen molar-refractivity contribution in [3.05, 3.63) is 29.3 Å². The molecule has 2 amide bonds. The van der Waals surface area contributed by atoms with E-state index in [9.17, 15) is 9.59 Å². The van der Waals surface area contributed by atoms with Gasteiger partial charge < -0.3 is 20.3 Å². The van der Waals surface area contributed by atoms with Crippen LogP contribution in [0.25, 0.3) is 0 Å². The maximum absolute atomic E-state index is 12.1. The molecule has 2 rings (SSSR count). The fourth-order valence-corrected chi connectivity index (χ4v) is 2.96. The van der Waals surface area contributed by atoms with Gasteiger partial charge in [-0.2, -0.15) is 0 Å². The Balaban J connectivity index is 1.74. The summed E-state index contributed by atoms with van der Waals surface area (Å²) in [5.74, 6) is 0.420. The minimum atomic E-state index is -0.417.